The molecule has 1 fully saturated rings. The van der Waals surface area contributed by atoms with Gasteiger partial charge < -0.3 is 18.7 Å². The molecule has 1 saturated heterocycles. The first-order valence-corrected chi connectivity index (χ1v) is 11.7. The Morgan fingerprint density at radius 1 is 1.25 bits per heavy atom. The molecule has 186 valence electrons. The lowest BCUT2D eigenvalue weighted by atomic mass is 9.96. The summed E-state index contributed by atoms with van der Waals surface area (Å²) in [5.41, 5.74) is 0.792. The van der Waals surface area contributed by atoms with Crippen LogP contribution in [0.5, 0.6) is 5.88 Å². The molecule has 4 aromatic rings. The fraction of sp³-hybridized carbons (Fsp3) is 0.375. The first kappa shape index (κ1) is 23.4. The van der Waals surface area contributed by atoms with Crippen LogP contribution >= 0.6 is 0 Å². The Hall–Kier alpha value is -4.35. The molecule has 0 saturated carbocycles. The number of nitro groups is 1. The molecule has 36 heavy (non-hydrogen) atoms. The third kappa shape index (κ3) is 4.61. The summed E-state index contributed by atoms with van der Waals surface area (Å²) in [5, 5.41) is 21.0. The molecule has 12 nitrogen and oxygen atoms in total. The Balaban J connectivity index is 1.33. The zero-order valence-electron chi connectivity index (χ0n) is 20.1. The van der Waals surface area contributed by atoms with Crippen molar-refractivity contribution in [3.05, 3.63) is 64.2 Å². The fourth-order valence-corrected chi connectivity index (χ4v) is 4.11. The molecule has 1 aromatic carbocycles. The Labute approximate surface area is 206 Å². The number of hydrogen-bond acceptors (Lipinski definition) is 11. The molecule has 0 aliphatic carbocycles. The molecule has 0 atom stereocenters. The zero-order chi connectivity index (χ0) is 25.2. The average molecular weight is 492 g/mol. The normalized spacial score (nSPS) is 15.1. The van der Waals surface area contributed by atoms with Gasteiger partial charge in [0.1, 0.15) is 17.6 Å². The van der Waals surface area contributed by atoms with Crippen molar-refractivity contribution < 1.29 is 18.7 Å². The highest BCUT2D eigenvalue weighted by atomic mass is 16.7. The van der Waals surface area contributed by atoms with Gasteiger partial charge in [-0.05, 0) is 31.9 Å². The van der Waals surface area contributed by atoms with E-state index in [2.05, 4.69) is 25.3 Å². The van der Waals surface area contributed by atoms with Gasteiger partial charge in [0.25, 0.3) is 0 Å². The van der Waals surface area contributed by atoms with Gasteiger partial charge in [-0.15, -0.1) is 0 Å². The molecule has 12 heteroatoms. The van der Waals surface area contributed by atoms with E-state index in [0.717, 1.165) is 5.39 Å². The number of oxime groups is 1. The van der Waals surface area contributed by atoms with Crippen molar-refractivity contribution in [1.82, 2.24) is 20.1 Å². The minimum atomic E-state index is -0.546. The third-order valence-corrected chi connectivity index (χ3v) is 6.12. The second-order valence-corrected chi connectivity index (χ2v) is 8.93. The van der Waals surface area contributed by atoms with Gasteiger partial charge in [-0.25, -0.2) is 4.98 Å². The van der Waals surface area contributed by atoms with Crippen LogP contribution in [-0.4, -0.2) is 43.8 Å². The molecule has 0 radical (unpaired) electrons. The number of nitrogens with zero attached hydrogens (tertiary/aromatic N) is 7. The number of aromatic nitrogens is 4. The molecule has 0 spiro atoms. The van der Waals surface area contributed by atoms with Gasteiger partial charge in [-0.3, -0.25) is 10.1 Å². The van der Waals surface area contributed by atoms with Gasteiger partial charge in [0.2, 0.25) is 11.7 Å². The summed E-state index contributed by atoms with van der Waals surface area (Å²) in [7, 11) is 0. The molecule has 4 heterocycles. The van der Waals surface area contributed by atoms with Gasteiger partial charge in [0.15, 0.2) is 11.6 Å². The highest BCUT2D eigenvalue weighted by molar-refractivity contribution is 5.99. The summed E-state index contributed by atoms with van der Waals surface area (Å²) in [5.74, 6) is 2.01. The van der Waals surface area contributed by atoms with Crippen LogP contribution < -0.4 is 9.74 Å². The lowest BCUT2D eigenvalue weighted by molar-refractivity contribution is -0.385. The van der Waals surface area contributed by atoms with Crippen molar-refractivity contribution in [2.24, 2.45) is 5.16 Å². The first-order chi connectivity index (χ1) is 17.4. The quantitative estimate of drug-likeness (QED) is 0.200. The molecule has 1 aliphatic rings. The Kier molecular flexibility index (Phi) is 6.32. The van der Waals surface area contributed by atoms with Crippen LogP contribution in [0.2, 0.25) is 0 Å². The van der Waals surface area contributed by atoms with Gasteiger partial charge in [-0.2, -0.15) is 9.97 Å². The Bertz CT molecular complexity index is 1390. The summed E-state index contributed by atoms with van der Waals surface area (Å²) in [6, 6.07) is 9.37. The van der Waals surface area contributed by atoms with E-state index in [1.54, 1.807) is 6.92 Å². The molecule has 0 amide bonds. The Morgan fingerprint density at radius 2 is 2.03 bits per heavy atom. The van der Waals surface area contributed by atoms with Crippen molar-refractivity contribution in [1.29, 1.82) is 0 Å². The van der Waals surface area contributed by atoms with Crippen molar-refractivity contribution in [3.63, 3.8) is 0 Å². The van der Waals surface area contributed by atoms with Crippen LogP contribution in [0, 0.1) is 10.1 Å². The molecule has 0 N–H and O–H groups in total. The van der Waals surface area contributed by atoms with E-state index in [0.29, 0.717) is 54.7 Å². The molecular formula is C24H25N7O5. The maximum Gasteiger partial charge on any atom is 0.375 e. The predicted molar refractivity (Wildman–Crippen MR) is 130 cm³/mol. The second-order valence-electron chi connectivity index (χ2n) is 8.93. The number of furan rings is 1. The Morgan fingerprint density at radius 3 is 2.72 bits per heavy atom. The van der Waals surface area contributed by atoms with Crippen LogP contribution in [0.4, 0.5) is 11.5 Å². The number of para-hydroxylation sites is 1. The number of rotatable bonds is 7. The van der Waals surface area contributed by atoms with Gasteiger partial charge in [0.05, 0.1) is 4.92 Å². The van der Waals surface area contributed by atoms with Crippen LogP contribution in [-0.2, 0) is 0 Å². The van der Waals surface area contributed by atoms with Gasteiger partial charge in [-0.1, -0.05) is 42.4 Å². The maximum atomic E-state index is 12.0. The SMILES string of the molecule is CC(=NOc1ncnc(N2CCC(c3nc(C(C)C)no3)CC2)c1[N+](=O)[O-])c1cc2ccccc2o1. The number of piperidine rings is 1. The number of hydrogen-bond donors (Lipinski definition) is 0. The van der Waals surface area contributed by atoms with Gasteiger partial charge in [0, 0.05) is 30.3 Å². The molecule has 0 unspecified atom stereocenters. The van der Waals surface area contributed by atoms with E-state index in [1.165, 1.54) is 6.33 Å². The number of benzene rings is 1. The summed E-state index contributed by atoms with van der Waals surface area (Å²) in [4.78, 5) is 31.4. The van der Waals surface area contributed by atoms with Crippen molar-refractivity contribution in [2.45, 2.75) is 45.4 Å². The highest BCUT2D eigenvalue weighted by Crippen LogP contribution is 2.37. The van der Waals surface area contributed by atoms with Gasteiger partial charge >= 0.3 is 11.6 Å². The first-order valence-electron chi connectivity index (χ1n) is 11.7. The number of anilines is 1. The predicted octanol–water partition coefficient (Wildman–Crippen LogP) is 4.82. The van der Waals surface area contributed by atoms with Crippen LogP contribution in [0.1, 0.15) is 62.9 Å². The monoisotopic (exact) mass is 491 g/mol. The lowest BCUT2D eigenvalue weighted by Crippen LogP contribution is -2.34. The van der Waals surface area contributed by atoms with E-state index >= 15 is 0 Å². The van der Waals surface area contributed by atoms with Crippen LogP contribution in [0.15, 0.2) is 50.8 Å². The molecule has 3 aromatic heterocycles. The van der Waals surface area contributed by atoms with Crippen molar-refractivity contribution in [3.8, 4) is 5.88 Å². The smallest absolute Gasteiger partial charge is 0.375 e. The summed E-state index contributed by atoms with van der Waals surface area (Å²) < 4.78 is 11.2. The van der Waals surface area contributed by atoms with Crippen LogP contribution in [0.25, 0.3) is 11.0 Å². The maximum absolute atomic E-state index is 12.0. The molecule has 5 rings (SSSR count). The van der Waals surface area contributed by atoms with E-state index in [4.69, 9.17) is 13.8 Å². The summed E-state index contributed by atoms with van der Waals surface area (Å²) in [6.07, 6.45) is 2.63. The minimum Gasteiger partial charge on any atom is -0.455 e. The van der Waals surface area contributed by atoms with E-state index in [9.17, 15) is 10.1 Å². The average Bonchev–Trinajstić information content (AvgIpc) is 3.55. The summed E-state index contributed by atoms with van der Waals surface area (Å²) in [6.45, 7) is 6.77. The highest BCUT2D eigenvalue weighted by Gasteiger charge is 2.33. The third-order valence-electron chi connectivity index (χ3n) is 6.12. The van der Waals surface area contributed by atoms with E-state index in [-0.39, 0.29) is 29.2 Å². The zero-order valence-corrected chi connectivity index (χ0v) is 20.1. The largest absolute Gasteiger partial charge is 0.455 e. The van der Waals surface area contributed by atoms with Crippen LogP contribution in [0.3, 0.4) is 0 Å². The lowest BCUT2D eigenvalue weighted by Gasteiger charge is -2.30. The minimum absolute atomic E-state index is 0.0916. The fourth-order valence-electron chi connectivity index (χ4n) is 4.11. The van der Waals surface area contributed by atoms with E-state index < -0.39 is 4.92 Å². The summed E-state index contributed by atoms with van der Waals surface area (Å²) >= 11 is 0. The molecular weight excluding hydrogens is 466 g/mol. The van der Waals surface area contributed by atoms with Crippen molar-refractivity contribution >= 4 is 28.2 Å². The molecule has 1 aliphatic heterocycles. The second kappa shape index (κ2) is 9.72. The molecule has 0 bridgehead atoms. The number of fused-ring (bicyclic) bond motifs is 1. The van der Waals surface area contributed by atoms with Crippen molar-refractivity contribution in [2.75, 3.05) is 18.0 Å². The topological polar surface area (TPSA) is 146 Å². The van der Waals surface area contributed by atoms with E-state index in [1.807, 2.05) is 49.1 Å². The standard InChI is InChI=1S/C24H25N7O5/c1-14(2)21-27-23(35-29-21)16-8-10-30(11-9-16)22-20(31(32)33)24(26-13-25-22)36-28-15(3)19-12-17-6-4-5-7-18(17)34-19/h4-7,12-14,16H,8-11H2,1-3H3.